The zero-order valence-corrected chi connectivity index (χ0v) is 14.9. The fraction of sp³-hybridized carbons (Fsp3) is 0.381. The lowest BCUT2D eigenvalue weighted by molar-refractivity contribution is 0.206. The van der Waals surface area contributed by atoms with Gasteiger partial charge in [-0.3, -0.25) is 0 Å². The van der Waals surface area contributed by atoms with E-state index in [9.17, 15) is 4.79 Å². The molecule has 25 heavy (non-hydrogen) atoms. The second-order valence-electron chi connectivity index (χ2n) is 6.68. The quantitative estimate of drug-likeness (QED) is 0.894. The molecular weight excluding hydrogens is 310 g/mol. The summed E-state index contributed by atoms with van der Waals surface area (Å²) in [5.74, 6) is 0. The summed E-state index contributed by atoms with van der Waals surface area (Å²) in [5.41, 5.74) is 3.59. The summed E-state index contributed by atoms with van der Waals surface area (Å²) < 4.78 is 0. The van der Waals surface area contributed by atoms with Crippen LogP contribution in [0.15, 0.2) is 54.6 Å². The molecule has 0 unspecified atom stereocenters. The third-order valence-electron chi connectivity index (χ3n) is 4.73. The van der Waals surface area contributed by atoms with Crippen LogP contribution < -0.4 is 10.2 Å². The number of anilines is 1. The minimum Gasteiger partial charge on any atom is -0.371 e. The maximum Gasteiger partial charge on any atom is 0.317 e. The second-order valence-corrected chi connectivity index (χ2v) is 6.68. The summed E-state index contributed by atoms with van der Waals surface area (Å²) >= 11 is 0. The van der Waals surface area contributed by atoms with Gasteiger partial charge in [0.15, 0.2) is 0 Å². The molecule has 4 heteroatoms. The first-order valence-electron chi connectivity index (χ1n) is 9.10. The van der Waals surface area contributed by atoms with E-state index in [0.717, 1.165) is 18.7 Å². The molecule has 2 aromatic rings. The van der Waals surface area contributed by atoms with Gasteiger partial charge in [-0.2, -0.15) is 0 Å². The molecule has 0 aliphatic carbocycles. The lowest BCUT2D eigenvalue weighted by Gasteiger charge is -2.31. The van der Waals surface area contributed by atoms with Crippen molar-refractivity contribution in [2.75, 3.05) is 25.0 Å². The van der Waals surface area contributed by atoms with E-state index in [-0.39, 0.29) is 6.03 Å². The van der Waals surface area contributed by atoms with Gasteiger partial charge >= 0.3 is 6.03 Å². The number of hydrogen-bond acceptors (Lipinski definition) is 2. The van der Waals surface area contributed by atoms with Crippen LogP contribution in [0, 0.1) is 0 Å². The molecule has 0 saturated carbocycles. The number of urea groups is 1. The second kappa shape index (κ2) is 8.56. The molecule has 3 rings (SSSR count). The van der Waals surface area contributed by atoms with Crippen molar-refractivity contribution in [1.29, 1.82) is 0 Å². The summed E-state index contributed by atoms with van der Waals surface area (Å²) in [5, 5.41) is 2.99. The fourth-order valence-corrected chi connectivity index (χ4v) is 3.32. The molecule has 2 amide bonds. The molecule has 1 aliphatic rings. The lowest BCUT2D eigenvalue weighted by atomic mass is 10.1. The van der Waals surface area contributed by atoms with Crippen molar-refractivity contribution in [3.05, 3.63) is 65.7 Å². The number of benzene rings is 2. The van der Waals surface area contributed by atoms with Crippen molar-refractivity contribution in [1.82, 2.24) is 10.2 Å². The molecule has 2 aromatic carbocycles. The van der Waals surface area contributed by atoms with Gasteiger partial charge in [-0.25, -0.2) is 4.79 Å². The largest absolute Gasteiger partial charge is 0.371 e. The number of nitrogens with one attached hydrogen (secondary N) is 1. The number of rotatable bonds is 5. The zero-order valence-electron chi connectivity index (χ0n) is 14.9. The Morgan fingerprint density at radius 1 is 1.00 bits per heavy atom. The molecule has 0 atom stereocenters. The number of piperidine rings is 1. The summed E-state index contributed by atoms with van der Waals surface area (Å²) in [4.78, 5) is 16.6. The Kier molecular flexibility index (Phi) is 5.94. The van der Waals surface area contributed by atoms with Crippen LogP contribution in [-0.4, -0.2) is 31.1 Å². The standard InChI is InChI=1S/C21H27N3O/c1-23(21(25)22-16-18-10-4-2-5-11-18)17-19-12-6-7-13-20(19)24-14-8-3-9-15-24/h2,4-7,10-13H,3,8-9,14-17H2,1H3,(H,22,25). The Morgan fingerprint density at radius 3 is 2.44 bits per heavy atom. The van der Waals surface area contributed by atoms with Crippen LogP contribution in [-0.2, 0) is 13.1 Å². The Labute approximate surface area is 150 Å². The van der Waals surface area contributed by atoms with E-state index in [0.29, 0.717) is 13.1 Å². The topological polar surface area (TPSA) is 35.6 Å². The van der Waals surface area contributed by atoms with Crippen molar-refractivity contribution in [3.63, 3.8) is 0 Å². The molecule has 4 nitrogen and oxygen atoms in total. The Bertz CT molecular complexity index is 681. The van der Waals surface area contributed by atoms with Crippen molar-refractivity contribution >= 4 is 11.7 Å². The molecule has 1 fully saturated rings. The molecule has 132 valence electrons. The normalized spacial score (nSPS) is 14.2. The SMILES string of the molecule is CN(Cc1ccccc1N1CCCCC1)C(=O)NCc1ccccc1. The van der Waals surface area contributed by atoms with Gasteiger partial charge in [0.2, 0.25) is 0 Å². The number of nitrogens with zero attached hydrogens (tertiary/aromatic N) is 2. The van der Waals surface area contributed by atoms with Crippen LogP contribution in [0.25, 0.3) is 0 Å². The highest BCUT2D eigenvalue weighted by atomic mass is 16.2. The maximum atomic E-state index is 12.4. The molecule has 0 bridgehead atoms. The molecular formula is C21H27N3O. The first-order chi connectivity index (χ1) is 12.2. The average molecular weight is 337 g/mol. The smallest absolute Gasteiger partial charge is 0.317 e. The van der Waals surface area contributed by atoms with Gasteiger partial charge in [0, 0.05) is 38.9 Å². The maximum absolute atomic E-state index is 12.4. The molecule has 1 aliphatic heterocycles. The van der Waals surface area contributed by atoms with Gasteiger partial charge < -0.3 is 15.1 Å². The molecule has 0 radical (unpaired) electrons. The predicted molar refractivity (Wildman–Crippen MR) is 103 cm³/mol. The predicted octanol–water partition coefficient (Wildman–Crippen LogP) is 4.02. The van der Waals surface area contributed by atoms with Crippen LogP contribution >= 0.6 is 0 Å². The van der Waals surface area contributed by atoms with Crippen molar-refractivity contribution in [2.45, 2.75) is 32.4 Å². The lowest BCUT2D eigenvalue weighted by Crippen LogP contribution is -2.37. The van der Waals surface area contributed by atoms with Crippen LogP contribution in [0.5, 0.6) is 0 Å². The minimum atomic E-state index is -0.0442. The van der Waals surface area contributed by atoms with Gasteiger partial charge in [-0.1, -0.05) is 48.5 Å². The van der Waals surface area contributed by atoms with E-state index in [1.165, 1.54) is 30.5 Å². The van der Waals surface area contributed by atoms with E-state index >= 15 is 0 Å². The molecule has 0 spiro atoms. The zero-order chi connectivity index (χ0) is 17.5. The number of hydrogen-bond donors (Lipinski definition) is 1. The third-order valence-corrected chi connectivity index (χ3v) is 4.73. The monoisotopic (exact) mass is 337 g/mol. The summed E-state index contributed by atoms with van der Waals surface area (Å²) in [6.07, 6.45) is 3.82. The average Bonchev–Trinajstić information content (AvgIpc) is 2.68. The first kappa shape index (κ1) is 17.3. The van der Waals surface area contributed by atoms with Gasteiger partial charge in [0.05, 0.1) is 0 Å². The van der Waals surface area contributed by atoms with Crippen LogP contribution in [0.3, 0.4) is 0 Å². The molecule has 0 aromatic heterocycles. The van der Waals surface area contributed by atoms with Crippen LogP contribution in [0.4, 0.5) is 10.5 Å². The van der Waals surface area contributed by atoms with E-state index in [2.05, 4.69) is 34.5 Å². The number of amides is 2. The Hall–Kier alpha value is -2.49. The number of carbonyl (C=O) groups is 1. The van der Waals surface area contributed by atoms with Gasteiger partial charge in [-0.15, -0.1) is 0 Å². The van der Waals surface area contributed by atoms with Crippen molar-refractivity contribution in [2.24, 2.45) is 0 Å². The Morgan fingerprint density at radius 2 is 1.68 bits per heavy atom. The first-order valence-corrected chi connectivity index (χ1v) is 9.10. The van der Waals surface area contributed by atoms with Crippen LogP contribution in [0.1, 0.15) is 30.4 Å². The minimum absolute atomic E-state index is 0.0442. The van der Waals surface area contributed by atoms with E-state index in [1.807, 2.05) is 37.4 Å². The van der Waals surface area contributed by atoms with Gasteiger partial charge in [0.25, 0.3) is 0 Å². The highest BCUT2D eigenvalue weighted by molar-refractivity contribution is 5.74. The van der Waals surface area contributed by atoms with Crippen molar-refractivity contribution in [3.8, 4) is 0 Å². The fourth-order valence-electron chi connectivity index (χ4n) is 3.32. The third kappa shape index (κ3) is 4.75. The molecule has 1 N–H and O–H groups in total. The van der Waals surface area contributed by atoms with Crippen LogP contribution in [0.2, 0.25) is 0 Å². The van der Waals surface area contributed by atoms with Gasteiger partial charge in [-0.05, 0) is 36.5 Å². The van der Waals surface area contributed by atoms with E-state index in [1.54, 1.807) is 4.90 Å². The number of carbonyl (C=O) groups excluding carboxylic acids is 1. The Balaban J connectivity index is 1.60. The van der Waals surface area contributed by atoms with Gasteiger partial charge in [0.1, 0.15) is 0 Å². The van der Waals surface area contributed by atoms with Crippen molar-refractivity contribution < 1.29 is 4.79 Å². The molecule has 1 saturated heterocycles. The van der Waals surface area contributed by atoms with E-state index < -0.39 is 0 Å². The summed E-state index contributed by atoms with van der Waals surface area (Å²) in [6.45, 7) is 3.40. The summed E-state index contributed by atoms with van der Waals surface area (Å²) in [7, 11) is 1.85. The number of para-hydroxylation sites is 1. The molecule has 1 heterocycles. The van der Waals surface area contributed by atoms with E-state index in [4.69, 9.17) is 0 Å². The summed E-state index contributed by atoms with van der Waals surface area (Å²) in [6, 6.07) is 18.4. The highest BCUT2D eigenvalue weighted by Gasteiger charge is 2.16. The highest BCUT2D eigenvalue weighted by Crippen LogP contribution is 2.25.